The van der Waals surface area contributed by atoms with Gasteiger partial charge in [0.05, 0.1) is 11.4 Å². The van der Waals surface area contributed by atoms with Crippen molar-refractivity contribution in [1.82, 2.24) is 18.8 Å². The molecule has 0 aliphatic rings. The van der Waals surface area contributed by atoms with Crippen LogP contribution in [0.15, 0.2) is 30.3 Å². The van der Waals surface area contributed by atoms with Crippen LogP contribution in [0.4, 0.5) is 0 Å². The summed E-state index contributed by atoms with van der Waals surface area (Å²) in [5.74, 6) is 0. The van der Waals surface area contributed by atoms with E-state index in [1.54, 1.807) is 0 Å². The fraction of sp³-hybridized carbons (Fsp3) is 0.471. The average Bonchev–Trinajstić information content (AvgIpc) is 2.87. The summed E-state index contributed by atoms with van der Waals surface area (Å²) in [5, 5.41) is 4.46. The van der Waals surface area contributed by atoms with Gasteiger partial charge in [0.2, 0.25) is 0 Å². The van der Waals surface area contributed by atoms with Gasteiger partial charge in [-0.2, -0.15) is 17.8 Å². The van der Waals surface area contributed by atoms with Crippen LogP contribution in [0.1, 0.15) is 30.8 Å². The summed E-state index contributed by atoms with van der Waals surface area (Å²) in [6.45, 7) is 9.00. The lowest BCUT2D eigenvalue weighted by atomic mass is 10.1. The van der Waals surface area contributed by atoms with E-state index in [-0.39, 0.29) is 0 Å². The summed E-state index contributed by atoms with van der Waals surface area (Å²) in [4.78, 5) is 0. The third-order valence-corrected chi connectivity index (χ3v) is 5.70. The minimum absolute atomic E-state index is 0.387. The van der Waals surface area contributed by atoms with Crippen LogP contribution in [0.5, 0.6) is 0 Å². The number of aromatic nitrogens is 2. The number of aryl methyl sites for hydroxylation is 2. The highest BCUT2D eigenvalue weighted by molar-refractivity contribution is 7.87. The van der Waals surface area contributed by atoms with E-state index in [4.69, 9.17) is 0 Å². The van der Waals surface area contributed by atoms with Crippen LogP contribution in [0.3, 0.4) is 0 Å². The van der Waals surface area contributed by atoms with Crippen molar-refractivity contribution in [1.29, 1.82) is 0 Å². The second kappa shape index (κ2) is 7.92. The van der Waals surface area contributed by atoms with Crippen LogP contribution in [0.25, 0.3) is 5.69 Å². The molecule has 7 heteroatoms. The Morgan fingerprint density at radius 3 is 2.25 bits per heavy atom. The lowest BCUT2D eigenvalue weighted by Crippen LogP contribution is -2.41. The summed E-state index contributed by atoms with van der Waals surface area (Å²) in [5.41, 5.74) is 4.17. The quantitative estimate of drug-likeness (QED) is 0.794. The predicted molar refractivity (Wildman–Crippen MR) is 96.6 cm³/mol. The summed E-state index contributed by atoms with van der Waals surface area (Å²) < 4.78 is 30.1. The molecule has 0 unspecified atom stereocenters. The van der Waals surface area contributed by atoms with Crippen molar-refractivity contribution in [2.45, 2.75) is 34.1 Å². The molecule has 24 heavy (non-hydrogen) atoms. The first-order valence-corrected chi connectivity index (χ1v) is 9.68. The fourth-order valence-corrected chi connectivity index (χ4v) is 3.90. The van der Waals surface area contributed by atoms with E-state index in [1.807, 2.05) is 62.7 Å². The van der Waals surface area contributed by atoms with E-state index in [0.717, 1.165) is 22.6 Å². The average molecular weight is 350 g/mol. The van der Waals surface area contributed by atoms with Crippen molar-refractivity contribution in [3.05, 3.63) is 47.3 Å². The molecule has 0 amide bonds. The van der Waals surface area contributed by atoms with Crippen molar-refractivity contribution in [3.8, 4) is 5.69 Å². The molecule has 0 spiro atoms. The van der Waals surface area contributed by atoms with E-state index in [1.165, 1.54) is 4.31 Å². The number of hydrogen-bond acceptors (Lipinski definition) is 3. The normalized spacial score (nSPS) is 12.0. The smallest absolute Gasteiger partial charge is 0.238 e. The first-order chi connectivity index (χ1) is 11.4. The summed E-state index contributed by atoms with van der Waals surface area (Å²) in [7, 11) is -3.38. The molecule has 0 saturated heterocycles. The Kier molecular flexibility index (Phi) is 6.15. The minimum atomic E-state index is -3.38. The van der Waals surface area contributed by atoms with Crippen LogP contribution in [-0.4, -0.2) is 42.1 Å². The van der Waals surface area contributed by atoms with Gasteiger partial charge < -0.3 is 0 Å². The molecule has 6 nitrogen and oxygen atoms in total. The molecule has 1 heterocycles. The maximum atomic E-state index is 12.1. The van der Waals surface area contributed by atoms with Gasteiger partial charge in [0.1, 0.15) is 0 Å². The minimum Gasteiger partial charge on any atom is -0.238 e. The van der Waals surface area contributed by atoms with Gasteiger partial charge in [-0.25, -0.2) is 9.40 Å². The van der Waals surface area contributed by atoms with Crippen molar-refractivity contribution in [3.63, 3.8) is 0 Å². The molecule has 0 radical (unpaired) electrons. The highest BCUT2D eigenvalue weighted by Gasteiger charge is 2.17. The van der Waals surface area contributed by atoms with E-state index in [9.17, 15) is 8.42 Å². The lowest BCUT2D eigenvalue weighted by Gasteiger charge is -2.18. The van der Waals surface area contributed by atoms with Gasteiger partial charge >= 0.3 is 0 Å². The molecular weight excluding hydrogens is 324 g/mol. The van der Waals surface area contributed by atoms with Crippen molar-refractivity contribution < 1.29 is 8.42 Å². The largest absolute Gasteiger partial charge is 0.279 e. The molecule has 0 fully saturated rings. The van der Waals surface area contributed by atoms with Crippen LogP contribution in [0.2, 0.25) is 0 Å². The molecule has 0 saturated carbocycles. The van der Waals surface area contributed by atoms with Crippen LogP contribution in [0, 0.1) is 13.8 Å². The molecule has 1 aromatic heterocycles. The van der Waals surface area contributed by atoms with Crippen molar-refractivity contribution in [2.24, 2.45) is 0 Å². The topological polar surface area (TPSA) is 67.2 Å². The molecule has 0 bridgehead atoms. The maximum Gasteiger partial charge on any atom is 0.279 e. The Labute approximate surface area is 144 Å². The number of rotatable bonds is 8. The van der Waals surface area contributed by atoms with Crippen molar-refractivity contribution in [2.75, 3.05) is 19.6 Å². The van der Waals surface area contributed by atoms with Gasteiger partial charge in [-0.05, 0) is 44.0 Å². The standard InChI is InChI=1S/C17H26N4O2S/c1-5-20(6-2)24(22,23)18-12-11-16-7-9-17(10-8-16)21-15(4)13-14(3)19-21/h7-10,13,18H,5-6,11-12H2,1-4H3. The monoisotopic (exact) mass is 350 g/mol. The molecule has 132 valence electrons. The second-order valence-corrected chi connectivity index (χ2v) is 7.49. The first-order valence-electron chi connectivity index (χ1n) is 8.24. The van der Waals surface area contributed by atoms with Gasteiger partial charge in [0.15, 0.2) is 0 Å². The van der Waals surface area contributed by atoms with E-state index < -0.39 is 10.2 Å². The van der Waals surface area contributed by atoms with E-state index in [0.29, 0.717) is 26.1 Å². The lowest BCUT2D eigenvalue weighted by molar-refractivity contribution is 0.435. The molecule has 0 atom stereocenters. The van der Waals surface area contributed by atoms with Crippen molar-refractivity contribution >= 4 is 10.2 Å². The molecular formula is C17H26N4O2S. The molecule has 2 aromatic rings. The molecule has 2 rings (SSSR count). The third kappa shape index (κ3) is 4.43. The zero-order chi connectivity index (χ0) is 17.7. The van der Waals surface area contributed by atoms with Gasteiger partial charge in [0.25, 0.3) is 10.2 Å². The zero-order valence-electron chi connectivity index (χ0n) is 14.8. The summed E-state index contributed by atoms with van der Waals surface area (Å²) >= 11 is 0. The Balaban J connectivity index is 1.96. The Hall–Kier alpha value is -1.70. The molecule has 0 aliphatic heterocycles. The molecule has 0 aliphatic carbocycles. The second-order valence-electron chi connectivity index (χ2n) is 5.74. The van der Waals surface area contributed by atoms with Gasteiger partial charge in [0, 0.05) is 25.3 Å². The molecule has 1 aromatic carbocycles. The van der Waals surface area contributed by atoms with Gasteiger partial charge in [-0.15, -0.1) is 0 Å². The van der Waals surface area contributed by atoms with Crippen LogP contribution in [-0.2, 0) is 16.6 Å². The predicted octanol–water partition coefficient (Wildman–Crippen LogP) is 2.21. The number of hydrogen-bond donors (Lipinski definition) is 1. The Morgan fingerprint density at radius 1 is 1.12 bits per heavy atom. The molecule has 1 N–H and O–H groups in total. The SMILES string of the molecule is CCN(CC)S(=O)(=O)NCCc1ccc(-n2nc(C)cc2C)cc1. The number of nitrogens with zero attached hydrogens (tertiary/aromatic N) is 3. The van der Waals surface area contributed by atoms with Crippen LogP contribution >= 0.6 is 0 Å². The number of nitrogens with one attached hydrogen (secondary N) is 1. The highest BCUT2D eigenvalue weighted by atomic mass is 32.2. The maximum absolute atomic E-state index is 12.1. The van der Waals surface area contributed by atoms with E-state index in [2.05, 4.69) is 9.82 Å². The van der Waals surface area contributed by atoms with Crippen LogP contribution < -0.4 is 4.72 Å². The number of benzene rings is 1. The Bertz CT molecular complexity index is 762. The van der Waals surface area contributed by atoms with Gasteiger partial charge in [-0.3, -0.25) is 0 Å². The fourth-order valence-electron chi connectivity index (χ4n) is 2.67. The zero-order valence-corrected chi connectivity index (χ0v) is 15.6. The summed E-state index contributed by atoms with van der Waals surface area (Å²) in [6, 6.07) is 10.1. The van der Waals surface area contributed by atoms with Gasteiger partial charge in [-0.1, -0.05) is 26.0 Å². The summed E-state index contributed by atoms with van der Waals surface area (Å²) in [6.07, 6.45) is 0.651. The third-order valence-electron chi connectivity index (χ3n) is 3.93. The first kappa shape index (κ1) is 18.6. The Morgan fingerprint density at radius 2 is 1.75 bits per heavy atom. The van der Waals surface area contributed by atoms with E-state index >= 15 is 0 Å². The highest BCUT2D eigenvalue weighted by Crippen LogP contribution is 2.13.